The van der Waals surface area contributed by atoms with Gasteiger partial charge in [0.25, 0.3) is 0 Å². The van der Waals surface area contributed by atoms with Crippen molar-refractivity contribution in [2.45, 2.75) is 5.03 Å². The van der Waals surface area contributed by atoms with E-state index in [0.29, 0.717) is 16.4 Å². The maximum Gasteiger partial charge on any atom is 0.170 e. The number of rotatable bonds is 3. The highest BCUT2D eigenvalue weighted by Crippen LogP contribution is 2.27. The number of amidine groups is 1. The Morgan fingerprint density at radius 3 is 2.74 bits per heavy atom. The molecule has 2 rings (SSSR count). The Labute approximate surface area is 114 Å². The number of hydrazine groups is 1. The van der Waals surface area contributed by atoms with E-state index in [-0.39, 0.29) is 0 Å². The average Bonchev–Trinajstić information content (AvgIpc) is 2.49. The minimum Gasteiger partial charge on any atom is -0.321 e. The molecule has 19 heavy (non-hydrogen) atoms. The SMILES string of the molecule is N/N=C(\NN)c1c(-c2cccnc2)ccnc1SN. The van der Waals surface area contributed by atoms with Gasteiger partial charge in [0, 0.05) is 24.2 Å². The number of aromatic nitrogens is 2. The molecule has 0 aliphatic heterocycles. The zero-order valence-electron chi connectivity index (χ0n) is 9.95. The third kappa shape index (κ3) is 2.65. The largest absolute Gasteiger partial charge is 0.321 e. The standard InChI is InChI=1S/C11H13N7S/c12-17-10(18-13)9-8(3-5-16-11(9)19-14)7-2-1-4-15-6-7/h1-6H,12-14H2,(H,17,18). The van der Waals surface area contributed by atoms with E-state index in [1.807, 2.05) is 18.2 Å². The monoisotopic (exact) mass is 275 g/mol. The number of pyridine rings is 2. The van der Waals surface area contributed by atoms with E-state index in [9.17, 15) is 0 Å². The van der Waals surface area contributed by atoms with Gasteiger partial charge in [0.1, 0.15) is 5.03 Å². The molecule has 98 valence electrons. The molecule has 0 amide bonds. The Bertz CT molecular complexity index is 585. The van der Waals surface area contributed by atoms with E-state index in [1.54, 1.807) is 18.6 Å². The van der Waals surface area contributed by atoms with Crippen LogP contribution in [0, 0.1) is 0 Å². The molecule has 0 saturated carbocycles. The van der Waals surface area contributed by atoms with Crippen molar-refractivity contribution in [1.29, 1.82) is 0 Å². The molecule has 0 bridgehead atoms. The summed E-state index contributed by atoms with van der Waals surface area (Å²) in [5, 5.41) is 9.81. The first-order valence-corrected chi connectivity index (χ1v) is 6.20. The van der Waals surface area contributed by atoms with E-state index in [0.717, 1.165) is 23.1 Å². The third-order valence-electron chi connectivity index (χ3n) is 2.50. The Morgan fingerprint density at radius 2 is 2.16 bits per heavy atom. The summed E-state index contributed by atoms with van der Waals surface area (Å²) in [5.41, 5.74) is 4.84. The van der Waals surface area contributed by atoms with Crippen LogP contribution >= 0.6 is 11.9 Å². The zero-order valence-corrected chi connectivity index (χ0v) is 10.8. The first-order chi connectivity index (χ1) is 9.31. The number of hydrazone groups is 1. The predicted octanol–water partition coefficient (Wildman–Crippen LogP) is 0.193. The average molecular weight is 275 g/mol. The second-order valence-corrected chi connectivity index (χ2v) is 4.14. The topological polar surface area (TPSA) is 128 Å². The minimum absolute atomic E-state index is 0.305. The number of nitrogens with one attached hydrogen (secondary N) is 1. The van der Waals surface area contributed by atoms with Crippen LogP contribution in [0.2, 0.25) is 0 Å². The highest BCUT2D eigenvalue weighted by Gasteiger charge is 2.16. The van der Waals surface area contributed by atoms with Crippen molar-refractivity contribution in [1.82, 2.24) is 15.4 Å². The van der Waals surface area contributed by atoms with Gasteiger partial charge in [0.2, 0.25) is 0 Å². The van der Waals surface area contributed by atoms with Crippen LogP contribution < -0.4 is 22.3 Å². The first kappa shape index (κ1) is 13.3. The zero-order chi connectivity index (χ0) is 13.7. The molecule has 0 saturated heterocycles. The van der Waals surface area contributed by atoms with Crippen LogP contribution in [0.15, 0.2) is 46.9 Å². The first-order valence-electron chi connectivity index (χ1n) is 5.32. The van der Waals surface area contributed by atoms with Crippen molar-refractivity contribution in [3.63, 3.8) is 0 Å². The van der Waals surface area contributed by atoms with Gasteiger partial charge in [0.05, 0.1) is 5.56 Å². The van der Waals surface area contributed by atoms with Gasteiger partial charge in [-0.15, -0.1) is 0 Å². The van der Waals surface area contributed by atoms with Crippen LogP contribution in [-0.4, -0.2) is 15.8 Å². The van der Waals surface area contributed by atoms with Crippen molar-refractivity contribution >= 4 is 17.8 Å². The van der Waals surface area contributed by atoms with Crippen LogP contribution in [0.1, 0.15) is 5.56 Å². The lowest BCUT2D eigenvalue weighted by molar-refractivity contribution is 0.986. The number of nitrogens with zero attached hydrogens (tertiary/aromatic N) is 3. The number of hydrogen-bond acceptors (Lipinski definition) is 7. The van der Waals surface area contributed by atoms with Gasteiger partial charge in [-0.2, -0.15) is 5.10 Å². The predicted molar refractivity (Wildman–Crippen MR) is 75.6 cm³/mol. The molecular formula is C11H13N7S. The van der Waals surface area contributed by atoms with Crippen LogP contribution in [0.5, 0.6) is 0 Å². The summed E-state index contributed by atoms with van der Waals surface area (Å²) >= 11 is 1.000. The smallest absolute Gasteiger partial charge is 0.170 e. The lowest BCUT2D eigenvalue weighted by atomic mass is 10.0. The van der Waals surface area contributed by atoms with E-state index >= 15 is 0 Å². The van der Waals surface area contributed by atoms with Crippen LogP contribution in [0.4, 0.5) is 0 Å². The maximum atomic E-state index is 5.62. The van der Waals surface area contributed by atoms with E-state index in [1.165, 1.54) is 0 Å². The van der Waals surface area contributed by atoms with Crippen molar-refractivity contribution in [3.8, 4) is 11.1 Å². The molecule has 2 aromatic rings. The Hall–Kier alpha value is -2.16. The molecule has 0 aliphatic rings. The van der Waals surface area contributed by atoms with Crippen molar-refractivity contribution < 1.29 is 0 Å². The highest BCUT2D eigenvalue weighted by atomic mass is 32.2. The van der Waals surface area contributed by atoms with E-state index < -0.39 is 0 Å². The molecule has 7 N–H and O–H groups in total. The molecule has 2 heterocycles. The Morgan fingerprint density at radius 1 is 1.32 bits per heavy atom. The summed E-state index contributed by atoms with van der Waals surface area (Å²) in [7, 11) is 0. The summed E-state index contributed by atoms with van der Waals surface area (Å²) in [5.74, 6) is 11.1. The molecule has 0 aromatic carbocycles. The molecule has 0 atom stereocenters. The minimum atomic E-state index is 0.305. The third-order valence-corrected chi connectivity index (χ3v) is 3.04. The summed E-state index contributed by atoms with van der Waals surface area (Å²) in [6.45, 7) is 0. The molecule has 0 spiro atoms. The lowest BCUT2D eigenvalue weighted by Gasteiger charge is -2.13. The molecule has 0 unspecified atom stereocenters. The molecular weight excluding hydrogens is 262 g/mol. The fourth-order valence-corrected chi connectivity index (χ4v) is 2.14. The fraction of sp³-hybridized carbons (Fsp3) is 0. The molecule has 8 heteroatoms. The number of nitrogens with two attached hydrogens (primary N) is 3. The maximum absolute atomic E-state index is 5.62. The van der Waals surface area contributed by atoms with Gasteiger partial charge in [-0.3, -0.25) is 10.1 Å². The van der Waals surface area contributed by atoms with E-state index in [2.05, 4.69) is 20.5 Å². The highest BCUT2D eigenvalue weighted by molar-refractivity contribution is 7.97. The van der Waals surface area contributed by atoms with Crippen LogP contribution in [0.25, 0.3) is 11.1 Å². The quantitative estimate of drug-likeness (QED) is 0.207. The summed E-state index contributed by atoms with van der Waals surface area (Å²) in [6, 6.07) is 5.58. The van der Waals surface area contributed by atoms with Crippen molar-refractivity contribution in [2.24, 2.45) is 21.9 Å². The number of hydrogen-bond donors (Lipinski definition) is 4. The van der Waals surface area contributed by atoms with Gasteiger partial charge in [-0.1, -0.05) is 6.07 Å². The molecule has 0 fully saturated rings. The van der Waals surface area contributed by atoms with Crippen LogP contribution in [-0.2, 0) is 0 Å². The fourth-order valence-electron chi connectivity index (χ4n) is 1.70. The van der Waals surface area contributed by atoms with E-state index in [4.69, 9.17) is 16.8 Å². The molecule has 7 nitrogen and oxygen atoms in total. The van der Waals surface area contributed by atoms with Gasteiger partial charge in [-0.05, 0) is 29.6 Å². The van der Waals surface area contributed by atoms with Gasteiger partial charge >= 0.3 is 0 Å². The van der Waals surface area contributed by atoms with Gasteiger partial charge in [0.15, 0.2) is 5.84 Å². The molecule has 0 radical (unpaired) electrons. The molecule has 0 aliphatic carbocycles. The summed E-state index contributed by atoms with van der Waals surface area (Å²) < 4.78 is 0. The Kier molecular flexibility index (Phi) is 4.29. The van der Waals surface area contributed by atoms with Crippen molar-refractivity contribution in [2.75, 3.05) is 0 Å². The summed E-state index contributed by atoms with van der Waals surface area (Å²) in [6.07, 6.45) is 5.09. The van der Waals surface area contributed by atoms with Gasteiger partial charge in [-0.25, -0.2) is 10.8 Å². The van der Waals surface area contributed by atoms with Crippen LogP contribution in [0.3, 0.4) is 0 Å². The second-order valence-electron chi connectivity index (χ2n) is 3.52. The van der Waals surface area contributed by atoms with Crippen molar-refractivity contribution in [3.05, 3.63) is 42.4 Å². The lowest BCUT2D eigenvalue weighted by Crippen LogP contribution is -2.33. The summed E-state index contributed by atoms with van der Waals surface area (Å²) in [4.78, 5) is 8.27. The Balaban J connectivity index is 2.68. The molecule has 2 aromatic heterocycles. The second kappa shape index (κ2) is 6.14. The van der Waals surface area contributed by atoms with Gasteiger partial charge < -0.3 is 11.3 Å². The normalized spacial score (nSPS) is 11.4.